The van der Waals surface area contributed by atoms with Crippen LogP contribution in [-0.4, -0.2) is 18.4 Å². The maximum absolute atomic E-state index is 11.7. The molecule has 0 bridgehead atoms. The molecule has 2 unspecified atom stereocenters. The predicted octanol–water partition coefficient (Wildman–Crippen LogP) is 3.20. The Labute approximate surface area is 109 Å². The number of fused-ring (bicyclic) bond motifs is 1. The number of anilines is 1. The second-order valence-corrected chi connectivity index (χ2v) is 5.72. The Balaban J connectivity index is 1.67. The molecule has 3 rings (SSSR count). The van der Waals surface area contributed by atoms with E-state index in [1.807, 2.05) is 0 Å². The van der Waals surface area contributed by atoms with Crippen LogP contribution < -0.4 is 4.90 Å². The lowest BCUT2D eigenvalue weighted by molar-refractivity contribution is -0.120. The molecule has 96 valence electrons. The standard InChI is InChI=1S/C16H21NO/c1-12-11-14-5-2-3-7-15(14)17(12)10-9-13-6-4-8-16(13)18/h2-3,5,7,12-13H,4,6,8-11H2,1H3. The third-order valence-corrected chi connectivity index (χ3v) is 4.50. The zero-order chi connectivity index (χ0) is 12.5. The number of rotatable bonds is 3. The molecule has 2 atom stereocenters. The van der Waals surface area contributed by atoms with Crippen LogP contribution in [0.3, 0.4) is 0 Å². The van der Waals surface area contributed by atoms with Gasteiger partial charge in [0.15, 0.2) is 0 Å². The SMILES string of the molecule is CC1Cc2ccccc2N1CCC1CCCC1=O. The molecule has 1 aromatic carbocycles. The van der Waals surface area contributed by atoms with Crippen LogP contribution in [0.2, 0.25) is 0 Å². The number of carbonyl (C=O) groups excluding carboxylic acids is 1. The maximum Gasteiger partial charge on any atom is 0.136 e. The van der Waals surface area contributed by atoms with Crippen molar-refractivity contribution in [3.63, 3.8) is 0 Å². The summed E-state index contributed by atoms with van der Waals surface area (Å²) in [5, 5.41) is 0. The highest BCUT2D eigenvalue weighted by atomic mass is 16.1. The van der Waals surface area contributed by atoms with E-state index in [-0.39, 0.29) is 0 Å². The number of hydrogen-bond acceptors (Lipinski definition) is 2. The highest BCUT2D eigenvalue weighted by Gasteiger charge is 2.28. The van der Waals surface area contributed by atoms with E-state index in [9.17, 15) is 4.79 Å². The van der Waals surface area contributed by atoms with Gasteiger partial charge in [-0.2, -0.15) is 0 Å². The summed E-state index contributed by atoms with van der Waals surface area (Å²) < 4.78 is 0. The second kappa shape index (κ2) is 4.75. The molecular weight excluding hydrogens is 222 g/mol. The molecule has 1 aromatic rings. The number of ketones is 1. The maximum atomic E-state index is 11.7. The Bertz CT molecular complexity index is 454. The number of nitrogens with zero attached hydrogens (tertiary/aromatic N) is 1. The monoisotopic (exact) mass is 243 g/mol. The Kier molecular flexibility index (Phi) is 3.11. The highest BCUT2D eigenvalue weighted by Crippen LogP contribution is 2.33. The summed E-state index contributed by atoms with van der Waals surface area (Å²) in [6.07, 6.45) is 5.22. The largest absolute Gasteiger partial charge is 0.368 e. The third-order valence-electron chi connectivity index (χ3n) is 4.50. The first-order chi connectivity index (χ1) is 8.75. The van der Waals surface area contributed by atoms with Gasteiger partial charge in [0.05, 0.1) is 0 Å². The fourth-order valence-corrected chi connectivity index (χ4v) is 3.46. The summed E-state index contributed by atoms with van der Waals surface area (Å²) >= 11 is 0. The van der Waals surface area contributed by atoms with E-state index in [0.717, 1.165) is 38.6 Å². The van der Waals surface area contributed by atoms with E-state index >= 15 is 0 Å². The Morgan fingerprint density at radius 3 is 2.94 bits per heavy atom. The minimum absolute atomic E-state index is 0.338. The number of carbonyl (C=O) groups is 1. The van der Waals surface area contributed by atoms with Crippen LogP contribution in [0.15, 0.2) is 24.3 Å². The summed E-state index contributed by atoms with van der Waals surface area (Å²) in [6.45, 7) is 3.32. The van der Waals surface area contributed by atoms with Crippen molar-refractivity contribution in [3.05, 3.63) is 29.8 Å². The molecule has 0 N–H and O–H groups in total. The summed E-state index contributed by atoms with van der Waals surface area (Å²) in [6, 6.07) is 9.26. The molecule has 18 heavy (non-hydrogen) atoms. The van der Waals surface area contributed by atoms with Crippen LogP contribution in [0.4, 0.5) is 5.69 Å². The van der Waals surface area contributed by atoms with Gasteiger partial charge >= 0.3 is 0 Å². The first-order valence-electron chi connectivity index (χ1n) is 7.13. The van der Waals surface area contributed by atoms with Crippen LogP contribution in [0, 0.1) is 5.92 Å². The average Bonchev–Trinajstić information content (AvgIpc) is 2.90. The second-order valence-electron chi connectivity index (χ2n) is 5.72. The zero-order valence-corrected chi connectivity index (χ0v) is 11.1. The molecule has 1 aliphatic carbocycles. The molecule has 0 saturated heterocycles. The van der Waals surface area contributed by atoms with Crippen molar-refractivity contribution in [2.45, 2.75) is 45.1 Å². The quantitative estimate of drug-likeness (QED) is 0.812. The topological polar surface area (TPSA) is 20.3 Å². The van der Waals surface area contributed by atoms with Crippen LogP contribution in [0.25, 0.3) is 0 Å². The molecule has 2 aliphatic rings. The van der Waals surface area contributed by atoms with Gasteiger partial charge in [-0.1, -0.05) is 18.2 Å². The smallest absolute Gasteiger partial charge is 0.136 e. The molecule has 1 heterocycles. The lowest BCUT2D eigenvalue weighted by atomic mass is 10.0. The third kappa shape index (κ3) is 2.05. The molecule has 0 spiro atoms. The lowest BCUT2D eigenvalue weighted by Crippen LogP contribution is -2.31. The van der Waals surface area contributed by atoms with Crippen LogP contribution >= 0.6 is 0 Å². The van der Waals surface area contributed by atoms with Crippen molar-refractivity contribution >= 4 is 11.5 Å². The summed E-state index contributed by atoms with van der Waals surface area (Å²) in [5.41, 5.74) is 2.85. The van der Waals surface area contributed by atoms with Gasteiger partial charge in [0.2, 0.25) is 0 Å². The molecule has 1 aliphatic heterocycles. The van der Waals surface area contributed by atoms with Gasteiger partial charge in [-0.3, -0.25) is 4.79 Å². The van der Waals surface area contributed by atoms with E-state index in [1.165, 1.54) is 11.3 Å². The Morgan fingerprint density at radius 1 is 1.33 bits per heavy atom. The molecule has 2 heteroatoms. The molecule has 0 amide bonds. The van der Waals surface area contributed by atoms with Gasteiger partial charge in [0, 0.05) is 30.6 Å². The molecule has 0 radical (unpaired) electrons. The molecule has 2 nitrogen and oxygen atoms in total. The lowest BCUT2D eigenvalue weighted by Gasteiger charge is -2.26. The van der Waals surface area contributed by atoms with Crippen molar-refractivity contribution in [2.75, 3.05) is 11.4 Å². The zero-order valence-electron chi connectivity index (χ0n) is 11.1. The van der Waals surface area contributed by atoms with Crippen LogP contribution in [-0.2, 0) is 11.2 Å². The molecule has 1 fully saturated rings. The predicted molar refractivity (Wildman–Crippen MR) is 73.9 cm³/mol. The fraction of sp³-hybridized carbons (Fsp3) is 0.562. The van der Waals surface area contributed by atoms with Gasteiger partial charge in [-0.05, 0) is 44.2 Å². The van der Waals surface area contributed by atoms with Crippen LogP contribution in [0.5, 0.6) is 0 Å². The number of para-hydroxylation sites is 1. The van der Waals surface area contributed by atoms with Gasteiger partial charge in [-0.25, -0.2) is 0 Å². The number of Topliss-reactive ketones (excluding diaryl/α,β-unsaturated/α-hetero) is 1. The highest BCUT2D eigenvalue weighted by molar-refractivity contribution is 5.82. The van der Waals surface area contributed by atoms with Gasteiger partial charge in [0.25, 0.3) is 0 Å². The molecule has 1 saturated carbocycles. The number of hydrogen-bond donors (Lipinski definition) is 0. The van der Waals surface area contributed by atoms with E-state index in [4.69, 9.17) is 0 Å². The number of benzene rings is 1. The van der Waals surface area contributed by atoms with E-state index in [2.05, 4.69) is 36.1 Å². The van der Waals surface area contributed by atoms with Gasteiger partial charge in [0.1, 0.15) is 5.78 Å². The van der Waals surface area contributed by atoms with E-state index in [1.54, 1.807) is 0 Å². The van der Waals surface area contributed by atoms with Crippen molar-refractivity contribution in [2.24, 2.45) is 5.92 Å². The summed E-state index contributed by atoms with van der Waals surface area (Å²) in [5.74, 6) is 0.833. The Hall–Kier alpha value is -1.31. The summed E-state index contributed by atoms with van der Waals surface area (Å²) in [4.78, 5) is 14.2. The van der Waals surface area contributed by atoms with Crippen molar-refractivity contribution in [3.8, 4) is 0 Å². The summed E-state index contributed by atoms with van der Waals surface area (Å²) in [7, 11) is 0. The van der Waals surface area contributed by atoms with E-state index < -0.39 is 0 Å². The van der Waals surface area contributed by atoms with Crippen LogP contribution in [0.1, 0.15) is 38.2 Å². The van der Waals surface area contributed by atoms with Gasteiger partial charge in [-0.15, -0.1) is 0 Å². The normalized spacial score (nSPS) is 26.7. The van der Waals surface area contributed by atoms with E-state index in [0.29, 0.717) is 17.7 Å². The Morgan fingerprint density at radius 2 is 2.17 bits per heavy atom. The van der Waals surface area contributed by atoms with Crippen molar-refractivity contribution in [1.82, 2.24) is 0 Å². The van der Waals surface area contributed by atoms with Crippen molar-refractivity contribution in [1.29, 1.82) is 0 Å². The first-order valence-corrected chi connectivity index (χ1v) is 7.13. The minimum Gasteiger partial charge on any atom is -0.368 e. The van der Waals surface area contributed by atoms with Crippen molar-refractivity contribution < 1.29 is 4.79 Å². The van der Waals surface area contributed by atoms with Gasteiger partial charge < -0.3 is 4.90 Å². The average molecular weight is 243 g/mol. The fourth-order valence-electron chi connectivity index (χ4n) is 3.46. The first kappa shape index (κ1) is 11.8. The molecular formula is C16H21NO. The molecule has 0 aromatic heterocycles. The minimum atomic E-state index is 0.338.